The first-order valence-electron chi connectivity index (χ1n) is 3.45. The van der Waals surface area contributed by atoms with Crippen LogP contribution in [-0.4, -0.2) is 11.1 Å². The number of hydrogen-bond donors (Lipinski definition) is 1. The second-order valence-electron chi connectivity index (χ2n) is 2.35. The van der Waals surface area contributed by atoms with Crippen molar-refractivity contribution in [2.45, 2.75) is 0 Å². The predicted octanol–water partition coefficient (Wildman–Crippen LogP) is 3.00. The third-order valence-corrected chi connectivity index (χ3v) is 1.89. The zero-order chi connectivity index (χ0) is 9.84. The summed E-state index contributed by atoms with van der Waals surface area (Å²) in [5.74, 6) is -1.14. The number of carboxylic acid groups (broad SMARTS) is 1. The molecule has 0 aromatic heterocycles. The summed E-state index contributed by atoms with van der Waals surface area (Å²) in [5, 5.41) is 8.85. The Kier molecular flexibility index (Phi) is 3.34. The van der Waals surface area contributed by atoms with E-state index in [1.165, 1.54) is 6.08 Å². The van der Waals surface area contributed by atoms with Gasteiger partial charge in [-0.05, 0) is 23.8 Å². The maximum absolute atomic E-state index is 10.3. The van der Waals surface area contributed by atoms with Crippen LogP contribution in [0.2, 0.25) is 5.02 Å². The van der Waals surface area contributed by atoms with Gasteiger partial charge in [-0.1, -0.05) is 35.3 Å². The first-order chi connectivity index (χ1) is 6.09. The molecule has 0 bridgehead atoms. The molecule has 0 fully saturated rings. The van der Waals surface area contributed by atoms with Gasteiger partial charge in [0.1, 0.15) is 5.03 Å². The molecular weight excluding hydrogens is 211 g/mol. The third-order valence-electron chi connectivity index (χ3n) is 1.37. The first kappa shape index (κ1) is 10.1. The van der Waals surface area contributed by atoms with Crippen LogP contribution in [-0.2, 0) is 4.79 Å². The highest BCUT2D eigenvalue weighted by Gasteiger charge is 2.01. The Labute approximate surface area is 85.4 Å². The molecule has 0 spiro atoms. The van der Waals surface area contributed by atoms with E-state index in [9.17, 15) is 4.79 Å². The lowest BCUT2D eigenvalue weighted by atomic mass is 10.2. The van der Waals surface area contributed by atoms with Crippen LogP contribution in [0, 0.1) is 0 Å². The number of carbonyl (C=O) groups is 1. The molecule has 68 valence electrons. The van der Waals surface area contributed by atoms with Crippen LogP contribution in [0.1, 0.15) is 5.56 Å². The lowest BCUT2D eigenvalue weighted by Gasteiger charge is -1.94. The molecule has 4 heteroatoms. The molecule has 0 aliphatic heterocycles. The van der Waals surface area contributed by atoms with Gasteiger partial charge in [-0.25, -0.2) is 4.79 Å². The summed E-state index contributed by atoms with van der Waals surface area (Å²) in [5.41, 5.74) is 0.705. The van der Waals surface area contributed by atoms with E-state index >= 15 is 0 Å². The third kappa shape index (κ3) is 3.09. The minimum Gasteiger partial charge on any atom is -0.477 e. The maximum Gasteiger partial charge on any atom is 0.347 e. The number of halogens is 2. The molecule has 0 amide bonds. The zero-order valence-corrected chi connectivity index (χ0v) is 8.01. The highest BCUT2D eigenvalue weighted by atomic mass is 35.5. The summed E-state index contributed by atoms with van der Waals surface area (Å²) in [6.07, 6.45) is 1.36. The Morgan fingerprint density at radius 1 is 1.31 bits per heavy atom. The number of hydrogen-bond acceptors (Lipinski definition) is 1. The van der Waals surface area contributed by atoms with E-state index < -0.39 is 5.97 Å². The van der Waals surface area contributed by atoms with Gasteiger partial charge in [0.05, 0.1) is 0 Å². The molecule has 1 rings (SSSR count). The number of rotatable bonds is 2. The van der Waals surface area contributed by atoms with E-state index in [2.05, 4.69) is 0 Å². The fourth-order valence-corrected chi connectivity index (χ4v) is 1.02. The average molecular weight is 217 g/mol. The van der Waals surface area contributed by atoms with Crippen LogP contribution in [0.4, 0.5) is 0 Å². The van der Waals surface area contributed by atoms with Gasteiger partial charge >= 0.3 is 5.97 Å². The van der Waals surface area contributed by atoms with Crippen molar-refractivity contribution < 1.29 is 9.90 Å². The summed E-state index contributed by atoms with van der Waals surface area (Å²) in [6.45, 7) is 0. The van der Waals surface area contributed by atoms with E-state index in [0.717, 1.165) is 0 Å². The maximum atomic E-state index is 10.3. The Hall–Kier alpha value is -0.990. The van der Waals surface area contributed by atoms with Crippen LogP contribution in [0.3, 0.4) is 0 Å². The van der Waals surface area contributed by atoms with E-state index in [-0.39, 0.29) is 5.03 Å². The van der Waals surface area contributed by atoms with Crippen molar-refractivity contribution in [3.8, 4) is 0 Å². The van der Waals surface area contributed by atoms with Crippen molar-refractivity contribution in [3.05, 3.63) is 39.9 Å². The molecular formula is C9H6Cl2O2. The molecule has 0 aliphatic rings. The Morgan fingerprint density at radius 2 is 1.85 bits per heavy atom. The monoisotopic (exact) mass is 216 g/mol. The Bertz CT molecular complexity index is 341. The smallest absolute Gasteiger partial charge is 0.347 e. The largest absolute Gasteiger partial charge is 0.477 e. The predicted molar refractivity (Wildman–Crippen MR) is 52.9 cm³/mol. The average Bonchev–Trinajstić information content (AvgIpc) is 2.08. The summed E-state index contributed by atoms with van der Waals surface area (Å²) in [6, 6.07) is 6.71. The summed E-state index contributed by atoms with van der Waals surface area (Å²) >= 11 is 11.1. The second-order valence-corrected chi connectivity index (χ2v) is 3.19. The van der Waals surface area contributed by atoms with Gasteiger partial charge in [0.15, 0.2) is 0 Å². The molecule has 0 unspecified atom stereocenters. The quantitative estimate of drug-likeness (QED) is 0.773. The van der Waals surface area contributed by atoms with Gasteiger partial charge in [-0.15, -0.1) is 0 Å². The number of benzene rings is 1. The molecule has 2 nitrogen and oxygen atoms in total. The first-order valence-corrected chi connectivity index (χ1v) is 4.21. The van der Waals surface area contributed by atoms with Gasteiger partial charge in [-0.2, -0.15) is 0 Å². The highest BCUT2D eigenvalue weighted by molar-refractivity contribution is 6.43. The van der Waals surface area contributed by atoms with Crippen molar-refractivity contribution >= 4 is 35.2 Å². The van der Waals surface area contributed by atoms with Gasteiger partial charge in [0, 0.05) is 5.02 Å². The van der Waals surface area contributed by atoms with Crippen LogP contribution in [0.15, 0.2) is 29.3 Å². The molecule has 0 aliphatic carbocycles. The van der Waals surface area contributed by atoms with Crippen molar-refractivity contribution in [2.75, 3.05) is 0 Å². The highest BCUT2D eigenvalue weighted by Crippen LogP contribution is 2.14. The van der Waals surface area contributed by atoms with Gasteiger partial charge in [0.25, 0.3) is 0 Å². The molecule has 13 heavy (non-hydrogen) atoms. The Balaban J connectivity index is 2.92. The van der Waals surface area contributed by atoms with E-state index in [4.69, 9.17) is 28.3 Å². The molecule has 1 N–H and O–H groups in total. The molecule has 0 heterocycles. The van der Waals surface area contributed by atoms with Crippen LogP contribution in [0.5, 0.6) is 0 Å². The lowest BCUT2D eigenvalue weighted by molar-refractivity contribution is -0.131. The molecule has 1 aromatic carbocycles. The fraction of sp³-hybridized carbons (Fsp3) is 0. The minimum atomic E-state index is -1.14. The SMILES string of the molecule is O=C(O)C(Cl)=Cc1ccc(Cl)cc1. The minimum absolute atomic E-state index is 0.220. The fourth-order valence-electron chi connectivity index (χ4n) is 0.767. The number of aliphatic carboxylic acids is 1. The van der Waals surface area contributed by atoms with E-state index in [1.807, 2.05) is 0 Å². The van der Waals surface area contributed by atoms with Crippen LogP contribution < -0.4 is 0 Å². The second kappa shape index (κ2) is 4.30. The van der Waals surface area contributed by atoms with E-state index in [1.54, 1.807) is 24.3 Å². The lowest BCUT2D eigenvalue weighted by Crippen LogP contribution is -1.92. The molecule has 0 radical (unpaired) electrons. The molecule has 0 saturated heterocycles. The topological polar surface area (TPSA) is 37.3 Å². The molecule has 0 atom stereocenters. The van der Waals surface area contributed by atoms with Crippen molar-refractivity contribution in [1.82, 2.24) is 0 Å². The summed E-state index contributed by atoms with van der Waals surface area (Å²) in [4.78, 5) is 10.3. The van der Waals surface area contributed by atoms with Gasteiger partial charge < -0.3 is 5.11 Å². The molecule has 1 aromatic rings. The normalized spacial score (nSPS) is 11.4. The van der Waals surface area contributed by atoms with Crippen LogP contribution in [0.25, 0.3) is 6.08 Å². The summed E-state index contributed by atoms with van der Waals surface area (Å²) in [7, 11) is 0. The van der Waals surface area contributed by atoms with Crippen LogP contribution >= 0.6 is 23.2 Å². The number of carboxylic acids is 1. The van der Waals surface area contributed by atoms with Crippen molar-refractivity contribution in [1.29, 1.82) is 0 Å². The van der Waals surface area contributed by atoms with E-state index in [0.29, 0.717) is 10.6 Å². The molecule has 0 saturated carbocycles. The Morgan fingerprint density at radius 3 is 2.31 bits per heavy atom. The van der Waals surface area contributed by atoms with Crippen molar-refractivity contribution in [2.24, 2.45) is 0 Å². The van der Waals surface area contributed by atoms with Crippen molar-refractivity contribution in [3.63, 3.8) is 0 Å². The van der Waals surface area contributed by atoms with Gasteiger partial charge in [-0.3, -0.25) is 0 Å². The zero-order valence-electron chi connectivity index (χ0n) is 6.50. The van der Waals surface area contributed by atoms with Gasteiger partial charge in [0.2, 0.25) is 0 Å². The summed E-state index contributed by atoms with van der Waals surface area (Å²) < 4.78 is 0. The standard InChI is InChI=1S/C9H6Cl2O2/c10-7-3-1-6(2-4-7)5-8(11)9(12)13/h1-5H,(H,12,13).